The van der Waals surface area contributed by atoms with Crippen LogP contribution in [0.5, 0.6) is 5.75 Å². The number of anilines is 2. The van der Waals surface area contributed by atoms with E-state index in [9.17, 15) is 13.2 Å². The normalized spacial score (nSPS) is 11.1. The maximum atomic E-state index is 12.1. The molecule has 1 aromatic carbocycles. The fraction of sp³-hybridized carbons (Fsp3) is 0.0909. The number of halogens is 4. The predicted octanol–water partition coefficient (Wildman–Crippen LogP) is 2.05. The van der Waals surface area contributed by atoms with Gasteiger partial charge in [0.05, 0.1) is 0 Å². The molecule has 0 spiro atoms. The molecule has 2 rings (SSSR count). The molecule has 10 heteroatoms. The van der Waals surface area contributed by atoms with Crippen molar-refractivity contribution in [1.29, 1.82) is 0 Å². The van der Waals surface area contributed by atoms with E-state index < -0.39 is 12.7 Å². The lowest BCUT2D eigenvalue weighted by Gasteiger charge is -2.10. The van der Waals surface area contributed by atoms with Crippen LogP contribution < -0.4 is 15.5 Å². The van der Waals surface area contributed by atoms with Gasteiger partial charge in [-0.25, -0.2) is 9.97 Å². The Balaban J connectivity index is 2.10. The zero-order chi connectivity index (χ0) is 15.5. The summed E-state index contributed by atoms with van der Waals surface area (Å²) < 4.78 is 40.1. The van der Waals surface area contributed by atoms with Crippen molar-refractivity contribution in [3.8, 4) is 5.75 Å². The SMILES string of the molecule is OB(Cl)c1cnc(Nc2cccc(OC(F)(F)F)c2)nc1. The second-order valence-electron chi connectivity index (χ2n) is 3.88. The maximum absolute atomic E-state index is 12.1. The molecule has 0 unspecified atom stereocenters. The number of hydrogen-bond donors (Lipinski definition) is 2. The third-order valence-electron chi connectivity index (χ3n) is 2.27. The molecule has 0 bridgehead atoms. The van der Waals surface area contributed by atoms with Crippen LogP contribution in [0.25, 0.3) is 0 Å². The number of ether oxygens (including phenoxy) is 1. The zero-order valence-corrected chi connectivity index (χ0v) is 11.1. The summed E-state index contributed by atoms with van der Waals surface area (Å²) in [6, 6.07) is 5.24. The minimum atomic E-state index is -4.76. The average molecular weight is 317 g/mol. The molecule has 21 heavy (non-hydrogen) atoms. The van der Waals surface area contributed by atoms with Crippen LogP contribution in [0, 0.1) is 0 Å². The number of benzene rings is 1. The molecule has 0 amide bonds. The molecule has 5 nitrogen and oxygen atoms in total. The number of nitrogens with zero attached hydrogens (tertiary/aromatic N) is 2. The van der Waals surface area contributed by atoms with Crippen LogP contribution in [0.15, 0.2) is 36.7 Å². The lowest BCUT2D eigenvalue weighted by molar-refractivity contribution is -0.274. The highest BCUT2D eigenvalue weighted by atomic mass is 35.5. The van der Waals surface area contributed by atoms with Gasteiger partial charge in [-0.3, -0.25) is 0 Å². The summed E-state index contributed by atoms with van der Waals surface area (Å²) in [5, 5.41) is 11.8. The van der Waals surface area contributed by atoms with E-state index >= 15 is 0 Å². The molecule has 0 atom stereocenters. The summed E-state index contributed by atoms with van der Waals surface area (Å²) in [5.74, 6) is -0.222. The maximum Gasteiger partial charge on any atom is 0.573 e. The molecule has 1 heterocycles. The lowest BCUT2D eigenvalue weighted by Crippen LogP contribution is -2.25. The van der Waals surface area contributed by atoms with Crippen LogP contribution in [-0.4, -0.2) is 27.7 Å². The zero-order valence-electron chi connectivity index (χ0n) is 10.3. The molecule has 0 fully saturated rings. The van der Waals surface area contributed by atoms with Gasteiger partial charge in [-0.1, -0.05) is 6.07 Å². The summed E-state index contributed by atoms with van der Waals surface area (Å²) in [6.45, 7) is 0. The van der Waals surface area contributed by atoms with Crippen LogP contribution in [0.1, 0.15) is 0 Å². The molecule has 0 radical (unpaired) electrons. The fourth-order valence-corrected chi connectivity index (χ4v) is 1.54. The Labute approximate surface area is 122 Å². The smallest absolute Gasteiger partial charge is 0.434 e. The topological polar surface area (TPSA) is 67.3 Å². The van der Waals surface area contributed by atoms with Crippen LogP contribution in [0.4, 0.5) is 24.8 Å². The summed E-state index contributed by atoms with van der Waals surface area (Å²) >= 11 is 5.43. The average Bonchev–Trinajstić information content (AvgIpc) is 2.37. The fourth-order valence-electron chi connectivity index (χ4n) is 1.43. The number of nitrogens with one attached hydrogen (secondary N) is 1. The summed E-state index contributed by atoms with van der Waals surface area (Å²) in [7, 11) is 0. The monoisotopic (exact) mass is 317 g/mol. The second-order valence-corrected chi connectivity index (χ2v) is 4.29. The van der Waals surface area contributed by atoms with Gasteiger partial charge in [-0.05, 0) is 12.1 Å². The number of alkyl halides is 3. The Hall–Kier alpha value is -2.00. The van der Waals surface area contributed by atoms with E-state index in [-0.39, 0.29) is 11.7 Å². The molecule has 2 N–H and O–H groups in total. The van der Waals surface area contributed by atoms with Gasteiger partial charge >= 0.3 is 12.7 Å². The van der Waals surface area contributed by atoms with Crippen molar-refractivity contribution in [3.05, 3.63) is 36.7 Å². The molecule has 0 aliphatic carbocycles. The van der Waals surface area contributed by atoms with Gasteiger partial charge in [0.15, 0.2) is 0 Å². The van der Waals surface area contributed by atoms with Crippen LogP contribution in [0.3, 0.4) is 0 Å². The van der Waals surface area contributed by atoms with Crippen molar-refractivity contribution in [2.24, 2.45) is 0 Å². The van der Waals surface area contributed by atoms with Crippen molar-refractivity contribution in [3.63, 3.8) is 0 Å². The Morgan fingerprint density at radius 3 is 2.48 bits per heavy atom. The standard InChI is InChI=1S/C11H8BClF3N3O2/c13-12(20)7-5-17-10(18-6-7)19-8-2-1-3-9(4-8)21-11(14,15)16/h1-6,20H,(H,17,18,19). The van der Waals surface area contributed by atoms with Gasteiger partial charge < -0.3 is 15.1 Å². The molecule has 0 saturated heterocycles. The third-order valence-corrected chi connectivity index (χ3v) is 2.52. The minimum Gasteiger partial charge on any atom is -0.434 e. The summed E-state index contributed by atoms with van der Waals surface area (Å²) in [5.41, 5.74) is 0.618. The molecule has 110 valence electrons. The van der Waals surface area contributed by atoms with Gasteiger partial charge in [0.1, 0.15) is 5.75 Å². The van der Waals surface area contributed by atoms with E-state index in [0.29, 0.717) is 11.2 Å². The van der Waals surface area contributed by atoms with Gasteiger partial charge in [0, 0.05) is 29.6 Å². The van der Waals surface area contributed by atoms with Crippen LogP contribution in [-0.2, 0) is 0 Å². The largest absolute Gasteiger partial charge is 0.573 e. The van der Waals surface area contributed by atoms with Crippen LogP contribution in [0.2, 0.25) is 0 Å². The second kappa shape index (κ2) is 6.19. The highest BCUT2D eigenvalue weighted by Gasteiger charge is 2.31. The quantitative estimate of drug-likeness (QED) is 0.845. The first-order chi connectivity index (χ1) is 9.83. The molecule has 1 aromatic heterocycles. The van der Waals surface area contributed by atoms with Gasteiger partial charge in [-0.2, -0.15) is 0 Å². The first kappa shape index (κ1) is 15.4. The highest BCUT2D eigenvalue weighted by Crippen LogP contribution is 2.25. The number of aromatic nitrogens is 2. The highest BCUT2D eigenvalue weighted by molar-refractivity contribution is 7.09. The van der Waals surface area contributed by atoms with E-state index in [4.69, 9.17) is 16.5 Å². The van der Waals surface area contributed by atoms with Crippen molar-refractivity contribution in [2.45, 2.75) is 6.36 Å². The van der Waals surface area contributed by atoms with E-state index in [1.165, 1.54) is 30.6 Å². The van der Waals surface area contributed by atoms with Crippen LogP contribution >= 0.6 is 11.5 Å². The van der Waals surface area contributed by atoms with Crippen molar-refractivity contribution >= 4 is 34.9 Å². The molecular weight excluding hydrogens is 309 g/mol. The Kier molecular flexibility index (Phi) is 4.54. The molecule has 0 saturated carbocycles. The Morgan fingerprint density at radius 1 is 1.24 bits per heavy atom. The Bertz CT molecular complexity index is 610. The van der Waals surface area contributed by atoms with E-state index in [2.05, 4.69) is 20.0 Å². The number of hydrogen-bond acceptors (Lipinski definition) is 5. The molecule has 0 aliphatic rings. The summed E-state index contributed by atoms with van der Waals surface area (Å²) in [4.78, 5) is 7.74. The minimum absolute atomic E-state index is 0.139. The van der Waals surface area contributed by atoms with E-state index in [1.54, 1.807) is 0 Å². The van der Waals surface area contributed by atoms with E-state index in [1.807, 2.05) is 0 Å². The Morgan fingerprint density at radius 2 is 1.90 bits per heavy atom. The van der Waals surface area contributed by atoms with E-state index in [0.717, 1.165) is 6.07 Å². The first-order valence-electron chi connectivity index (χ1n) is 5.60. The summed E-state index contributed by atoms with van der Waals surface area (Å²) in [6.07, 6.45) is -3.39. The van der Waals surface area contributed by atoms with Crippen molar-refractivity contribution in [1.82, 2.24) is 9.97 Å². The van der Waals surface area contributed by atoms with Crippen molar-refractivity contribution in [2.75, 3.05) is 5.32 Å². The van der Waals surface area contributed by atoms with Crippen molar-refractivity contribution < 1.29 is 22.9 Å². The first-order valence-corrected chi connectivity index (χ1v) is 6.04. The third kappa shape index (κ3) is 4.80. The molecule has 0 aliphatic heterocycles. The van der Waals surface area contributed by atoms with Gasteiger partial charge in [0.25, 0.3) is 0 Å². The number of rotatable bonds is 4. The molecule has 2 aromatic rings. The lowest BCUT2D eigenvalue weighted by atomic mass is 9.90. The van der Waals surface area contributed by atoms with Gasteiger partial charge in [-0.15, -0.1) is 24.6 Å². The predicted molar refractivity (Wildman–Crippen MR) is 71.9 cm³/mol. The molecular formula is C11H8BClF3N3O2. The van der Waals surface area contributed by atoms with Gasteiger partial charge in [0.2, 0.25) is 5.95 Å².